The van der Waals surface area contributed by atoms with E-state index in [0.717, 1.165) is 5.56 Å². The van der Waals surface area contributed by atoms with E-state index in [4.69, 9.17) is 16.3 Å². The van der Waals surface area contributed by atoms with Gasteiger partial charge in [-0.15, -0.1) is 0 Å². The highest BCUT2D eigenvalue weighted by molar-refractivity contribution is 7.89. The molecule has 1 aromatic heterocycles. The first-order chi connectivity index (χ1) is 15.9. The fraction of sp³-hybridized carbons (Fsp3) is 0.304. The van der Waals surface area contributed by atoms with Crippen LogP contribution in [-0.4, -0.2) is 54.9 Å². The molecule has 0 aliphatic heterocycles. The number of nitrogens with one attached hydrogen (secondary N) is 1. The standard InChI is InChI=1S/C23H27ClN4O4S/c1-32-22-9-8-20(16-21(22)24)33(30,31)28(14-10-19-6-3-2-4-7-19)17-23(29)26-11-5-13-27-15-12-25-18-27/h2-4,6-9,12,15-16,18H,5,10-11,13-14,17H2,1H3,(H,26,29). The minimum Gasteiger partial charge on any atom is -0.495 e. The molecule has 0 radical (unpaired) electrons. The van der Waals surface area contributed by atoms with E-state index in [1.165, 1.54) is 29.6 Å². The number of methoxy groups -OCH3 is 1. The monoisotopic (exact) mass is 490 g/mol. The number of imidazole rings is 1. The van der Waals surface area contributed by atoms with E-state index in [0.29, 0.717) is 31.7 Å². The molecule has 0 saturated carbocycles. The molecule has 1 heterocycles. The Bertz CT molecular complexity index is 1140. The third-order valence-corrected chi connectivity index (χ3v) is 7.18. The summed E-state index contributed by atoms with van der Waals surface area (Å²) >= 11 is 6.15. The molecule has 8 nitrogen and oxygen atoms in total. The highest BCUT2D eigenvalue weighted by Crippen LogP contribution is 2.28. The molecule has 0 aliphatic rings. The third kappa shape index (κ3) is 7.05. The molecule has 0 atom stereocenters. The lowest BCUT2D eigenvalue weighted by Gasteiger charge is -2.22. The molecular weight excluding hydrogens is 464 g/mol. The summed E-state index contributed by atoms with van der Waals surface area (Å²) in [6, 6.07) is 13.8. The molecule has 3 rings (SSSR count). The number of sulfonamides is 1. The van der Waals surface area contributed by atoms with Crippen molar-refractivity contribution in [1.29, 1.82) is 0 Å². The van der Waals surface area contributed by atoms with Crippen LogP contribution < -0.4 is 10.1 Å². The predicted octanol–water partition coefficient (Wildman–Crippen LogP) is 2.99. The van der Waals surface area contributed by atoms with Crippen molar-refractivity contribution in [1.82, 2.24) is 19.2 Å². The predicted molar refractivity (Wildman–Crippen MR) is 127 cm³/mol. The van der Waals surface area contributed by atoms with Crippen LogP contribution in [0.5, 0.6) is 5.75 Å². The molecule has 3 aromatic rings. The molecule has 0 bridgehead atoms. The zero-order chi connectivity index (χ0) is 23.7. The molecule has 2 aromatic carbocycles. The topological polar surface area (TPSA) is 93.5 Å². The van der Waals surface area contributed by atoms with E-state index in [2.05, 4.69) is 10.3 Å². The third-order valence-electron chi connectivity index (χ3n) is 5.05. The first kappa shape index (κ1) is 24.8. The summed E-state index contributed by atoms with van der Waals surface area (Å²) in [5, 5.41) is 2.99. The van der Waals surface area contributed by atoms with E-state index >= 15 is 0 Å². The van der Waals surface area contributed by atoms with Gasteiger partial charge in [0.2, 0.25) is 15.9 Å². The Hall–Kier alpha value is -2.88. The fourth-order valence-electron chi connectivity index (χ4n) is 3.26. The second-order valence-electron chi connectivity index (χ2n) is 7.37. The second kappa shape index (κ2) is 11.8. The van der Waals surface area contributed by atoms with Crippen molar-refractivity contribution in [3.05, 3.63) is 77.8 Å². The first-order valence-corrected chi connectivity index (χ1v) is 12.3. The number of hydrogen-bond donors (Lipinski definition) is 1. The van der Waals surface area contributed by atoms with Crippen molar-refractivity contribution >= 4 is 27.5 Å². The maximum absolute atomic E-state index is 13.4. The fourth-order valence-corrected chi connectivity index (χ4v) is 5.01. The van der Waals surface area contributed by atoms with Crippen molar-refractivity contribution in [3.63, 3.8) is 0 Å². The van der Waals surface area contributed by atoms with Gasteiger partial charge in [0.15, 0.2) is 0 Å². The number of aromatic nitrogens is 2. The molecule has 0 saturated heterocycles. The number of carbonyl (C=O) groups is 1. The van der Waals surface area contributed by atoms with Gasteiger partial charge in [0.1, 0.15) is 5.75 Å². The lowest BCUT2D eigenvalue weighted by Crippen LogP contribution is -2.42. The van der Waals surface area contributed by atoms with Gasteiger partial charge in [0, 0.05) is 32.0 Å². The van der Waals surface area contributed by atoms with Gasteiger partial charge >= 0.3 is 0 Å². The van der Waals surface area contributed by atoms with E-state index < -0.39 is 10.0 Å². The summed E-state index contributed by atoms with van der Waals surface area (Å²) in [7, 11) is -2.50. The molecule has 1 N–H and O–H groups in total. The van der Waals surface area contributed by atoms with Crippen LogP contribution in [0.3, 0.4) is 0 Å². The summed E-state index contributed by atoms with van der Waals surface area (Å²) in [6.07, 6.45) is 6.42. The molecule has 0 aliphatic carbocycles. The Labute approximate surface area is 199 Å². The van der Waals surface area contributed by atoms with Crippen LogP contribution in [0, 0.1) is 0 Å². The molecule has 0 spiro atoms. The molecule has 0 unspecified atom stereocenters. The van der Waals surface area contributed by atoms with Crippen LogP contribution in [0.2, 0.25) is 5.02 Å². The minimum absolute atomic E-state index is 0.00858. The van der Waals surface area contributed by atoms with Gasteiger partial charge in [-0.05, 0) is 36.6 Å². The number of hydrogen-bond acceptors (Lipinski definition) is 5. The van der Waals surface area contributed by atoms with Gasteiger partial charge in [-0.2, -0.15) is 4.31 Å². The lowest BCUT2D eigenvalue weighted by atomic mass is 10.1. The van der Waals surface area contributed by atoms with Gasteiger partial charge in [-0.1, -0.05) is 41.9 Å². The van der Waals surface area contributed by atoms with Crippen molar-refractivity contribution in [2.75, 3.05) is 26.7 Å². The van der Waals surface area contributed by atoms with Crippen molar-refractivity contribution in [2.24, 2.45) is 0 Å². The summed E-state index contributed by atoms with van der Waals surface area (Å²) in [4.78, 5) is 16.6. The van der Waals surface area contributed by atoms with Gasteiger partial charge in [0.05, 0.1) is 29.9 Å². The lowest BCUT2D eigenvalue weighted by molar-refractivity contribution is -0.121. The van der Waals surface area contributed by atoms with Crippen LogP contribution in [0.15, 0.2) is 72.1 Å². The summed E-state index contributed by atoms with van der Waals surface area (Å²) in [6.45, 7) is 1.00. The maximum atomic E-state index is 13.4. The van der Waals surface area contributed by atoms with Gasteiger partial charge in [-0.3, -0.25) is 4.79 Å². The van der Waals surface area contributed by atoms with Gasteiger partial charge < -0.3 is 14.6 Å². The molecule has 0 fully saturated rings. The van der Waals surface area contributed by atoms with E-state index in [1.54, 1.807) is 12.5 Å². The van der Waals surface area contributed by atoms with Gasteiger partial charge in [0.25, 0.3) is 0 Å². The Morgan fingerprint density at radius 1 is 1.21 bits per heavy atom. The Balaban J connectivity index is 1.69. The zero-order valence-corrected chi connectivity index (χ0v) is 19.9. The van der Waals surface area contributed by atoms with Crippen LogP contribution >= 0.6 is 11.6 Å². The van der Waals surface area contributed by atoms with E-state index in [-0.39, 0.29) is 28.9 Å². The number of benzene rings is 2. The second-order valence-corrected chi connectivity index (χ2v) is 9.72. The molecular formula is C23H27ClN4O4S. The number of nitrogens with zero attached hydrogens (tertiary/aromatic N) is 3. The number of carbonyl (C=O) groups excluding carboxylic acids is 1. The molecule has 33 heavy (non-hydrogen) atoms. The van der Waals surface area contributed by atoms with Crippen LogP contribution in [0.25, 0.3) is 0 Å². The number of ether oxygens (including phenoxy) is 1. The first-order valence-electron chi connectivity index (χ1n) is 10.5. The zero-order valence-electron chi connectivity index (χ0n) is 18.4. The number of halogens is 1. The Kier molecular flexibility index (Phi) is 8.87. The number of aryl methyl sites for hydroxylation is 1. The SMILES string of the molecule is COc1ccc(S(=O)(=O)N(CCc2ccccc2)CC(=O)NCCCn2ccnc2)cc1Cl. The normalized spacial score (nSPS) is 11.5. The van der Waals surface area contributed by atoms with Crippen LogP contribution in [-0.2, 0) is 27.8 Å². The summed E-state index contributed by atoms with van der Waals surface area (Å²) < 4.78 is 34.9. The highest BCUT2D eigenvalue weighted by atomic mass is 35.5. The van der Waals surface area contributed by atoms with Crippen LogP contribution in [0.1, 0.15) is 12.0 Å². The van der Waals surface area contributed by atoms with Gasteiger partial charge in [-0.25, -0.2) is 13.4 Å². The smallest absolute Gasteiger partial charge is 0.243 e. The van der Waals surface area contributed by atoms with E-state index in [1.807, 2.05) is 41.1 Å². The Morgan fingerprint density at radius 2 is 2.00 bits per heavy atom. The molecule has 10 heteroatoms. The molecule has 1 amide bonds. The van der Waals surface area contributed by atoms with Crippen molar-refractivity contribution in [2.45, 2.75) is 24.3 Å². The van der Waals surface area contributed by atoms with Crippen LogP contribution in [0.4, 0.5) is 0 Å². The number of rotatable bonds is 12. The minimum atomic E-state index is -3.96. The van der Waals surface area contributed by atoms with E-state index in [9.17, 15) is 13.2 Å². The Morgan fingerprint density at radius 3 is 2.67 bits per heavy atom. The maximum Gasteiger partial charge on any atom is 0.243 e. The number of amides is 1. The van der Waals surface area contributed by atoms with Crippen molar-refractivity contribution < 1.29 is 17.9 Å². The quantitative estimate of drug-likeness (QED) is 0.394. The largest absolute Gasteiger partial charge is 0.495 e. The summed E-state index contributed by atoms with van der Waals surface area (Å²) in [5.41, 5.74) is 0.978. The highest BCUT2D eigenvalue weighted by Gasteiger charge is 2.27. The van der Waals surface area contributed by atoms with Crippen molar-refractivity contribution in [3.8, 4) is 5.75 Å². The average molecular weight is 491 g/mol. The molecule has 176 valence electrons. The average Bonchev–Trinajstić information content (AvgIpc) is 3.33. The summed E-state index contributed by atoms with van der Waals surface area (Å²) in [5.74, 6) is 0.0129.